The normalized spacial score (nSPS) is 15.4. The molecule has 1 fully saturated rings. The largest absolute Gasteiger partial charge is 0.305 e. The smallest absolute Gasteiger partial charge is 0.224 e. The average molecular weight is 436 g/mol. The molecule has 0 N–H and O–H groups in total. The fourth-order valence-corrected chi connectivity index (χ4v) is 6.63. The summed E-state index contributed by atoms with van der Waals surface area (Å²) in [6, 6.07) is 14.7. The van der Waals surface area contributed by atoms with Gasteiger partial charge in [-0.25, -0.2) is 8.96 Å². The van der Waals surface area contributed by atoms with Gasteiger partial charge >= 0.3 is 0 Å². The molecule has 0 saturated heterocycles. The van der Waals surface area contributed by atoms with Gasteiger partial charge in [-0.1, -0.05) is 43.9 Å². The molecule has 164 valence electrons. The summed E-state index contributed by atoms with van der Waals surface area (Å²) in [5.41, 5.74) is 8.13. The predicted octanol–water partition coefficient (Wildman–Crippen LogP) is 7.30. The van der Waals surface area contributed by atoms with Crippen LogP contribution in [0.3, 0.4) is 0 Å². The zero-order chi connectivity index (χ0) is 22.4. The number of pyridine rings is 2. The molecule has 1 saturated carbocycles. The molecule has 6 aromatic rings. The second kappa shape index (κ2) is 6.66. The molecule has 1 aliphatic rings. The zero-order valence-corrected chi connectivity index (χ0v) is 19.5. The van der Waals surface area contributed by atoms with Gasteiger partial charge in [-0.05, 0) is 66.5 Å². The van der Waals surface area contributed by atoms with Gasteiger partial charge in [0.1, 0.15) is 12.9 Å². The number of fused-ring (bicyclic) bond motifs is 5. The second-order valence-electron chi connectivity index (χ2n) is 10.3. The minimum Gasteiger partial charge on any atom is -0.305 e. The third-order valence-electron chi connectivity index (χ3n) is 8.30. The summed E-state index contributed by atoms with van der Waals surface area (Å²) in [5, 5.41) is 5.88. The number of halogens is 1. The third kappa shape index (κ3) is 2.51. The van der Waals surface area contributed by atoms with Crippen LogP contribution in [0.2, 0.25) is 0 Å². The van der Waals surface area contributed by atoms with Crippen molar-refractivity contribution in [2.75, 3.05) is 0 Å². The lowest BCUT2D eigenvalue weighted by Gasteiger charge is -2.16. The third-order valence-corrected chi connectivity index (χ3v) is 8.30. The standard InChI is InChI=1S/C30H28FN2/c1-17-13-23-22-9-6-10-24(31)28(22)33-25-16-20(14-19-7-4-5-8-19)15-21-11-12-32(3)30(27(21)25)26(18(17)2)29(23)33/h6,9-13,15-16,19H,4-5,7-8,14H2,1-3H3/q+1. The zero-order valence-electron chi connectivity index (χ0n) is 19.5. The molecule has 0 spiro atoms. The number of hydrogen-bond acceptors (Lipinski definition) is 0. The van der Waals surface area contributed by atoms with E-state index in [1.807, 2.05) is 6.07 Å². The Hall–Kier alpha value is -3.20. The van der Waals surface area contributed by atoms with Crippen molar-refractivity contribution in [2.24, 2.45) is 13.0 Å². The maximum Gasteiger partial charge on any atom is 0.224 e. The van der Waals surface area contributed by atoms with Crippen LogP contribution in [-0.2, 0) is 13.5 Å². The summed E-state index contributed by atoms with van der Waals surface area (Å²) < 4.78 is 20.0. The molecule has 0 bridgehead atoms. The number of aryl methyl sites for hydroxylation is 3. The van der Waals surface area contributed by atoms with Gasteiger partial charge < -0.3 is 4.40 Å². The van der Waals surface area contributed by atoms with Gasteiger partial charge in [0, 0.05) is 16.8 Å². The Bertz CT molecular complexity index is 1730. The molecule has 3 aromatic heterocycles. The van der Waals surface area contributed by atoms with E-state index < -0.39 is 0 Å². The Balaban J connectivity index is 1.77. The van der Waals surface area contributed by atoms with E-state index in [1.165, 1.54) is 64.0 Å². The van der Waals surface area contributed by atoms with E-state index in [4.69, 9.17) is 0 Å². The molecule has 0 radical (unpaired) electrons. The SMILES string of the molecule is Cc1cc2c3cccc(F)c3n3c4cc(CC5CCCC5)cc5cc[n+](C)c(c(c1C)c23)c54. The van der Waals surface area contributed by atoms with Crippen LogP contribution in [0.4, 0.5) is 4.39 Å². The fraction of sp³-hybridized carbons (Fsp3) is 0.300. The molecule has 2 nitrogen and oxygen atoms in total. The minimum absolute atomic E-state index is 0.150. The second-order valence-corrected chi connectivity index (χ2v) is 10.3. The molecular weight excluding hydrogens is 407 g/mol. The van der Waals surface area contributed by atoms with Crippen LogP contribution in [0, 0.1) is 25.6 Å². The molecule has 0 aliphatic heterocycles. The quantitative estimate of drug-likeness (QED) is 0.153. The first kappa shape index (κ1) is 19.3. The van der Waals surface area contributed by atoms with Crippen molar-refractivity contribution in [3.8, 4) is 0 Å². The van der Waals surface area contributed by atoms with Crippen molar-refractivity contribution in [1.29, 1.82) is 0 Å². The predicted molar refractivity (Wildman–Crippen MR) is 135 cm³/mol. The van der Waals surface area contributed by atoms with Gasteiger partial charge in [0.2, 0.25) is 5.52 Å². The Morgan fingerprint density at radius 3 is 2.61 bits per heavy atom. The van der Waals surface area contributed by atoms with Crippen LogP contribution in [0.1, 0.15) is 42.4 Å². The molecule has 7 rings (SSSR count). The lowest BCUT2D eigenvalue weighted by Crippen LogP contribution is -2.29. The van der Waals surface area contributed by atoms with Crippen molar-refractivity contribution >= 4 is 49.0 Å². The summed E-state index contributed by atoms with van der Waals surface area (Å²) >= 11 is 0. The first-order valence-corrected chi connectivity index (χ1v) is 12.2. The number of benzene rings is 3. The highest BCUT2D eigenvalue weighted by Crippen LogP contribution is 2.42. The van der Waals surface area contributed by atoms with E-state index in [1.54, 1.807) is 6.07 Å². The maximum absolute atomic E-state index is 15.5. The van der Waals surface area contributed by atoms with E-state index in [-0.39, 0.29) is 5.82 Å². The van der Waals surface area contributed by atoms with Gasteiger partial charge in [0.25, 0.3) is 0 Å². The van der Waals surface area contributed by atoms with Crippen LogP contribution in [0.15, 0.2) is 48.7 Å². The van der Waals surface area contributed by atoms with E-state index in [0.717, 1.165) is 34.1 Å². The van der Waals surface area contributed by atoms with E-state index in [0.29, 0.717) is 5.52 Å². The summed E-state index contributed by atoms with van der Waals surface area (Å²) in [5.74, 6) is 0.621. The molecule has 1 aliphatic carbocycles. The first-order valence-electron chi connectivity index (χ1n) is 12.2. The summed E-state index contributed by atoms with van der Waals surface area (Å²) in [4.78, 5) is 0. The molecule has 0 amide bonds. The van der Waals surface area contributed by atoms with Crippen molar-refractivity contribution in [1.82, 2.24) is 4.40 Å². The van der Waals surface area contributed by atoms with Gasteiger partial charge in [-0.2, -0.15) is 0 Å². The monoisotopic (exact) mass is 435 g/mol. The van der Waals surface area contributed by atoms with Gasteiger partial charge in [-0.15, -0.1) is 0 Å². The van der Waals surface area contributed by atoms with Crippen LogP contribution in [0.5, 0.6) is 0 Å². The molecule has 33 heavy (non-hydrogen) atoms. The Kier molecular flexibility index (Phi) is 3.89. The highest BCUT2D eigenvalue weighted by Gasteiger charge is 2.26. The maximum atomic E-state index is 15.5. The Labute approximate surface area is 192 Å². The van der Waals surface area contributed by atoms with E-state index in [9.17, 15) is 0 Å². The number of hydrogen-bond donors (Lipinski definition) is 0. The number of rotatable bonds is 2. The van der Waals surface area contributed by atoms with Crippen molar-refractivity contribution in [3.05, 3.63) is 71.2 Å². The minimum atomic E-state index is -0.150. The molecule has 3 heterocycles. The number of nitrogens with zero attached hydrogens (tertiary/aromatic N) is 2. The van der Waals surface area contributed by atoms with Crippen LogP contribution in [-0.4, -0.2) is 4.40 Å². The fourth-order valence-electron chi connectivity index (χ4n) is 6.63. The molecule has 0 atom stereocenters. The molecule has 3 heteroatoms. The van der Waals surface area contributed by atoms with Gasteiger partial charge in [0.15, 0.2) is 6.20 Å². The topological polar surface area (TPSA) is 8.29 Å². The van der Waals surface area contributed by atoms with Crippen molar-refractivity contribution in [2.45, 2.75) is 46.0 Å². The van der Waals surface area contributed by atoms with Crippen LogP contribution < -0.4 is 4.57 Å². The van der Waals surface area contributed by atoms with Crippen molar-refractivity contribution in [3.63, 3.8) is 0 Å². The summed E-state index contributed by atoms with van der Waals surface area (Å²) in [6.45, 7) is 4.38. The molecule has 0 unspecified atom stereocenters. The van der Waals surface area contributed by atoms with Gasteiger partial charge in [0.05, 0.1) is 27.3 Å². The van der Waals surface area contributed by atoms with E-state index >= 15 is 4.39 Å². The highest BCUT2D eigenvalue weighted by molar-refractivity contribution is 6.26. The number of para-hydroxylation sites is 1. The van der Waals surface area contributed by atoms with Crippen LogP contribution >= 0.6 is 0 Å². The van der Waals surface area contributed by atoms with Crippen LogP contribution in [0.25, 0.3) is 49.0 Å². The summed E-state index contributed by atoms with van der Waals surface area (Å²) in [6.07, 6.45) is 8.66. The van der Waals surface area contributed by atoms with Gasteiger partial charge in [-0.3, -0.25) is 0 Å². The van der Waals surface area contributed by atoms with Crippen molar-refractivity contribution < 1.29 is 8.96 Å². The lowest BCUT2D eigenvalue weighted by molar-refractivity contribution is -0.643. The average Bonchev–Trinajstić information content (AvgIpc) is 3.42. The Morgan fingerprint density at radius 2 is 1.79 bits per heavy atom. The molecule has 3 aromatic carbocycles. The first-order chi connectivity index (χ1) is 16.0. The van der Waals surface area contributed by atoms with E-state index in [2.05, 4.69) is 66.4 Å². The number of aromatic nitrogens is 2. The molecular formula is C30H28FN2+. The lowest BCUT2D eigenvalue weighted by atomic mass is 9.93. The highest BCUT2D eigenvalue weighted by atomic mass is 19.1. The Morgan fingerprint density at radius 1 is 0.970 bits per heavy atom. The summed E-state index contributed by atoms with van der Waals surface area (Å²) in [7, 11) is 2.14.